The maximum Gasteiger partial charge on any atom is 0.228 e. The molecule has 0 saturated carbocycles. The molecular formula is C28H32N2O4. The Morgan fingerprint density at radius 2 is 1.59 bits per heavy atom. The van der Waals surface area contributed by atoms with Crippen molar-refractivity contribution in [1.82, 2.24) is 4.90 Å². The monoisotopic (exact) mass is 460 g/mol. The van der Waals surface area contributed by atoms with Gasteiger partial charge in [-0.3, -0.25) is 19.3 Å². The molecule has 2 aliphatic rings. The second kappa shape index (κ2) is 9.18. The summed E-state index contributed by atoms with van der Waals surface area (Å²) in [6, 6.07) is 12.6. The lowest BCUT2D eigenvalue weighted by molar-refractivity contribution is -0.116. The van der Waals surface area contributed by atoms with Crippen molar-refractivity contribution in [3.63, 3.8) is 0 Å². The number of allylic oxidation sites excluding steroid dienone is 2. The Morgan fingerprint density at radius 3 is 2.12 bits per heavy atom. The zero-order chi connectivity index (χ0) is 24.7. The summed E-state index contributed by atoms with van der Waals surface area (Å²) in [5.41, 5.74) is 3.87. The number of aryl methyl sites for hydroxylation is 1. The molecule has 0 N–H and O–H groups in total. The van der Waals surface area contributed by atoms with Gasteiger partial charge in [-0.05, 0) is 49.9 Å². The maximum atomic E-state index is 13.9. The molecule has 0 radical (unpaired) electrons. The third kappa shape index (κ3) is 4.18. The number of nitrogens with zero attached hydrogens (tertiary/aromatic N) is 2. The van der Waals surface area contributed by atoms with Crippen LogP contribution in [-0.4, -0.2) is 47.7 Å². The van der Waals surface area contributed by atoms with Gasteiger partial charge in [0.1, 0.15) is 11.4 Å². The summed E-state index contributed by atoms with van der Waals surface area (Å²) < 4.78 is 5.88. The molecule has 2 aromatic rings. The first-order chi connectivity index (χ1) is 16.1. The Labute approximate surface area is 201 Å². The summed E-state index contributed by atoms with van der Waals surface area (Å²) in [4.78, 5) is 44.1. The van der Waals surface area contributed by atoms with Crippen molar-refractivity contribution in [3.05, 3.63) is 76.1 Å². The number of hydrogen-bond acceptors (Lipinski definition) is 5. The van der Waals surface area contributed by atoms with E-state index < -0.39 is 0 Å². The first kappa shape index (κ1) is 23.9. The quantitative estimate of drug-likeness (QED) is 0.651. The van der Waals surface area contributed by atoms with Crippen LogP contribution in [0.15, 0.2) is 53.9 Å². The van der Waals surface area contributed by atoms with E-state index in [1.165, 1.54) is 17.4 Å². The highest BCUT2D eigenvalue weighted by atomic mass is 16.5. The predicted molar refractivity (Wildman–Crippen MR) is 132 cm³/mol. The highest BCUT2D eigenvalue weighted by molar-refractivity contribution is 6.29. The molecule has 0 spiro atoms. The average molecular weight is 461 g/mol. The Kier molecular flexibility index (Phi) is 6.45. The SMILES string of the molecule is CC(=O)N(C1=C(N2C[C@H](C)O[C@@H](C)C2)C(=O)c2ccccc2C1=O)c1ccc(C(C)C)c(C)c1. The van der Waals surface area contributed by atoms with Gasteiger partial charge in [-0.2, -0.15) is 0 Å². The van der Waals surface area contributed by atoms with Gasteiger partial charge in [-0.1, -0.05) is 44.2 Å². The summed E-state index contributed by atoms with van der Waals surface area (Å²) in [5.74, 6) is -0.555. The number of amides is 1. The van der Waals surface area contributed by atoms with Gasteiger partial charge >= 0.3 is 0 Å². The molecule has 2 aromatic carbocycles. The molecule has 6 nitrogen and oxygen atoms in total. The van der Waals surface area contributed by atoms with Crippen molar-refractivity contribution in [1.29, 1.82) is 0 Å². The number of fused-ring (bicyclic) bond motifs is 1. The number of hydrogen-bond donors (Lipinski definition) is 0. The highest BCUT2D eigenvalue weighted by Gasteiger charge is 2.41. The van der Waals surface area contributed by atoms with Gasteiger partial charge in [0, 0.05) is 36.8 Å². The molecular weight excluding hydrogens is 428 g/mol. The number of morpholine rings is 1. The molecule has 1 aliphatic heterocycles. The molecule has 34 heavy (non-hydrogen) atoms. The zero-order valence-electron chi connectivity index (χ0n) is 20.7. The molecule has 2 atom stereocenters. The van der Waals surface area contributed by atoms with Gasteiger partial charge in [0.2, 0.25) is 17.5 Å². The van der Waals surface area contributed by atoms with Crippen LogP contribution in [0.3, 0.4) is 0 Å². The van der Waals surface area contributed by atoms with Crippen LogP contribution in [0.5, 0.6) is 0 Å². The molecule has 0 unspecified atom stereocenters. The van der Waals surface area contributed by atoms with Gasteiger partial charge in [-0.15, -0.1) is 0 Å². The topological polar surface area (TPSA) is 66.9 Å². The van der Waals surface area contributed by atoms with Crippen LogP contribution in [-0.2, 0) is 9.53 Å². The van der Waals surface area contributed by atoms with E-state index in [0.717, 1.165) is 5.56 Å². The number of ether oxygens (including phenoxy) is 1. The summed E-state index contributed by atoms with van der Waals surface area (Å²) in [5, 5.41) is 0. The number of benzene rings is 2. The van der Waals surface area contributed by atoms with E-state index in [-0.39, 0.29) is 41.1 Å². The molecule has 1 amide bonds. The Hall–Kier alpha value is -3.25. The summed E-state index contributed by atoms with van der Waals surface area (Å²) >= 11 is 0. The van der Waals surface area contributed by atoms with E-state index in [2.05, 4.69) is 13.8 Å². The van der Waals surface area contributed by atoms with Crippen LogP contribution in [0.4, 0.5) is 5.69 Å². The maximum absolute atomic E-state index is 13.9. The summed E-state index contributed by atoms with van der Waals surface area (Å²) in [7, 11) is 0. The van der Waals surface area contributed by atoms with Gasteiger partial charge in [0.05, 0.1) is 12.2 Å². The highest BCUT2D eigenvalue weighted by Crippen LogP contribution is 2.35. The lowest BCUT2D eigenvalue weighted by Crippen LogP contribution is -2.49. The fourth-order valence-electron chi connectivity index (χ4n) is 5.13. The molecule has 1 aliphatic carbocycles. The predicted octanol–water partition coefficient (Wildman–Crippen LogP) is 4.87. The Bertz CT molecular complexity index is 1190. The minimum atomic E-state index is -0.321. The van der Waals surface area contributed by atoms with Crippen LogP contribution in [0.1, 0.15) is 72.4 Å². The number of anilines is 1. The molecule has 4 rings (SSSR count). The molecule has 0 bridgehead atoms. The van der Waals surface area contributed by atoms with Crippen LogP contribution < -0.4 is 4.90 Å². The van der Waals surface area contributed by atoms with E-state index in [4.69, 9.17) is 4.74 Å². The minimum absolute atomic E-state index is 0.115. The van der Waals surface area contributed by atoms with Gasteiger partial charge in [0.15, 0.2) is 0 Å². The molecule has 0 aromatic heterocycles. The van der Waals surface area contributed by atoms with Gasteiger partial charge in [-0.25, -0.2) is 0 Å². The third-order valence-electron chi connectivity index (χ3n) is 6.48. The van der Waals surface area contributed by atoms with Crippen LogP contribution in [0.25, 0.3) is 0 Å². The van der Waals surface area contributed by atoms with Crippen molar-refractivity contribution in [2.45, 2.75) is 59.7 Å². The molecule has 1 heterocycles. The number of carbonyl (C=O) groups excluding carboxylic acids is 3. The average Bonchev–Trinajstić information content (AvgIpc) is 2.76. The third-order valence-corrected chi connectivity index (χ3v) is 6.48. The van der Waals surface area contributed by atoms with Crippen molar-refractivity contribution in [2.75, 3.05) is 18.0 Å². The van der Waals surface area contributed by atoms with E-state index >= 15 is 0 Å². The largest absolute Gasteiger partial charge is 0.372 e. The molecule has 1 fully saturated rings. The van der Waals surface area contributed by atoms with Gasteiger partial charge in [0.25, 0.3) is 0 Å². The van der Waals surface area contributed by atoms with E-state index in [9.17, 15) is 14.4 Å². The second-order valence-electron chi connectivity index (χ2n) is 9.61. The lowest BCUT2D eigenvalue weighted by atomic mass is 9.88. The summed E-state index contributed by atoms with van der Waals surface area (Å²) in [6.45, 7) is 12.5. The zero-order valence-corrected chi connectivity index (χ0v) is 20.7. The Balaban J connectivity index is 1.95. The van der Waals surface area contributed by atoms with Crippen molar-refractivity contribution >= 4 is 23.2 Å². The minimum Gasteiger partial charge on any atom is -0.372 e. The molecule has 6 heteroatoms. The fourth-order valence-corrected chi connectivity index (χ4v) is 5.13. The first-order valence-electron chi connectivity index (χ1n) is 11.8. The van der Waals surface area contributed by atoms with Crippen LogP contribution in [0.2, 0.25) is 0 Å². The van der Waals surface area contributed by atoms with Crippen LogP contribution in [0, 0.1) is 6.92 Å². The number of carbonyl (C=O) groups is 3. The first-order valence-corrected chi connectivity index (χ1v) is 11.8. The molecule has 178 valence electrons. The smallest absolute Gasteiger partial charge is 0.228 e. The standard InChI is InChI=1S/C28H32N2O4/c1-16(2)22-12-11-21(13-17(22)3)30(20(6)31)26-25(29-14-18(4)34-19(5)15-29)27(32)23-9-7-8-10-24(23)28(26)33/h7-13,16,18-19H,14-15H2,1-6H3/t18-,19-/m0/s1. The van der Waals surface area contributed by atoms with E-state index in [1.807, 2.05) is 43.9 Å². The van der Waals surface area contributed by atoms with E-state index in [0.29, 0.717) is 35.8 Å². The number of Topliss-reactive ketones (excluding diaryl/α,β-unsaturated/α-hetero) is 2. The van der Waals surface area contributed by atoms with Crippen molar-refractivity contribution < 1.29 is 19.1 Å². The normalized spacial score (nSPS) is 20.6. The number of ketones is 2. The van der Waals surface area contributed by atoms with Crippen molar-refractivity contribution in [3.8, 4) is 0 Å². The van der Waals surface area contributed by atoms with Crippen LogP contribution >= 0.6 is 0 Å². The lowest BCUT2D eigenvalue weighted by Gasteiger charge is -2.40. The second-order valence-corrected chi connectivity index (χ2v) is 9.61. The van der Waals surface area contributed by atoms with Crippen molar-refractivity contribution in [2.24, 2.45) is 0 Å². The fraction of sp³-hybridized carbons (Fsp3) is 0.393. The van der Waals surface area contributed by atoms with Gasteiger partial charge < -0.3 is 9.64 Å². The van der Waals surface area contributed by atoms with E-state index in [1.54, 1.807) is 24.3 Å². The number of rotatable bonds is 4. The summed E-state index contributed by atoms with van der Waals surface area (Å²) in [6.07, 6.45) is -0.230. The Morgan fingerprint density at radius 1 is 1.00 bits per heavy atom. The molecule has 1 saturated heterocycles.